The summed E-state index contributed by atoms with van der Waals surface area (Å²) in [6, 6.07) is 34.3. The first-order chi connectivity index (χ1) is 14.9. The number of nitrogens with zero attached hydrogens (tertiary/aromatic N) is 3. The molecule has 0 saturated carbocycles. The number of hydrogen-bond acceptors (Lipinski definition) is 3. The van der Waals surface area contributed by atoms with Gasteiger partial charge in [-0.2, -0.15) is 5.10 Å². The van der Waals surface area contributed by atoms with Crippen molar-refractivity contribution in [3.05, 3.63) is 115 Å². The minimum atomic E-state index is 0.691. The molecule has 2 heterocycles. The summed E-state index contributed by atoms with van der Waals surface area (Å²) >= 11 is 0. The summed E-state index contributed by atoms with van der Waals surface area (Å²) in [7, 11) is 0. The smallest absolute Gasteiger partial charge is 0.164 e. The first-order valence-electron chi connectivity index (χ1n) is 9.77. The molecule has 0 N–H and O–H groups in total. The molecule has 4 nitrogen and oxygen atoms in total. The summed E-state index contributed by atoms with van der Waals surface area (Å²) in [5, 5.41) is 5.00. The van der Waals surface area contributed by atoms with E-state index in [1.807, 2.05) is 83.5 Å². The Kier molecular flexibility index (Phi) is 4.80. The molecular formula is C26H19N3O. The van der Waals surface area contributed by atoms with Gasteiger partial charge in [0.05, 0.1) is 23.7 Å². The van der Waals surface area contributed by atoms with Gasteiger partial charge in [0.15, 0.2) is 5.82 Å². The first kappa shape index (κ1) is 17.9. The van der Waals surface area contributed by atoms with Gasteiger partial charge in [-0.1, -0.05) is 78.9 Å². The molecule has 0 fully saturated rings. The van der Waals surface area contributed by atoms with E-state index in [1.165, 1.54) is 0 Å². The Labute approximate surface area is 174 Å². The Hall–Kier alpha value is -4.18. The molecule has 0 atom stereocenters. The first-order valence-corrected chi connectivity index (χ1v) is 9.77. The van der Waals surface area contributed by atoms with E-state index in [0.29, 0.717) is 5.76 Å². The summed E-state index contributed by atoms with van der Waals surface area (Å²) < 4.78 is 7.35. The van der Waals surface area contributed by atoms with Crippen LogP contribution in [0.1, 0.15) is 5.76 Å². The SMILES string of the molecule is C(=Nc1c(-c2ccccc2)c(-c2ccccc2)nn1-c1ccccc1)c1ccco1. The number of aromatic nitrogens is 2. The molecular weight excluding hydrogens is 370 g/mol. The zero-order valence-corrected chi connectivity index (χ0v) is 16.2. The van der Waals surface area contributed by atoms with Gasteiger partial charge in [0.2, 0.25) is 0 Å². The topological polar surface area (TPSA) is 43.3 Å². The van der Waals surface area contributed by atoms with Crippen molar-refractivity contribution >= 4 is 12.0 Å². The van der Waals surface area contributed by atoms with E-state index in [9.17, 15) is 0 Å². The van der Waals surface area contributed by atoms with Crippen molar-refractivity contribution in [2.45, 2.75) is 0 Å². The largest absolute Gasteiger partial charge is 0.463 e. The second-order valence-electron chi connectivity index (χ2n) is 6.80. The summed E-state index contributed by atoms with van der Waals surface area (Å²) in [5.41, 5.74) is 4.92. The van der Waals surface area contributed by atoms with Crippen molar-refractivity contribution in [2.75, 3.05) is 0 Å². The van der Waals surface area contributed by atoms with E-state index in [-0.39, 0.29) is 0 Å². The van der Waals surface area contributed by atoms with Gasteiger partial charge >= 0.3 is 0 Å². The lowest BCUT2D eigenvalue weighted by molar-refractivity contribution is 0.560. The standard InChI is InChI=1S/C26H19N3O/c1-4-11-20(12-5-1)24-25(21-13-6-2-7-14-21)28-29(22-15-8-3-9-16-22)26(24)27-19-23-17-10-18-30-23/h1-19H. The lowest BCUT2D eigenvalue weighted by Crippen LogP contribution is -1.96. The van der Waals surface area contributed by atoms with Gasteiger partial charge in [-0.05, 0) is 29.8 Å². The molecule has 4 heteroatoms. The molecule has 3 aromatic carbocycles. The van der Waals surface area contributed by atoms with E-state index < -0.39 is 0 Å². The Balaban J connectivity index is 1.80. The van der Waals surface area contributed by atoms with E-state index >= 15 is 0 Å². The van der Waals surface area contributed by atoms with E-state index in [4.69, 9.17) is 14.5 Å². The second kappa shape index (κ2) is 8.05. The van der Waals surface area contributed by atoms with Crippen LogP contribution >= 0.6 is 0 Å². The number of aliphatic imine (C=N–C) groups is 1. The summed E-state index contributed by atoms with van der Waals surface area (Å²) in [4.78, 5) is 4.83. The second-order valence-corrected chi connectivity index (χ2v) is 6.80. The molecule has 0 aliphatic heterocycles. The van der Waals surface area contributed by atoms with Crippen molar-refractivity contribution < 1.29 is 4.42 Å². The van der Waals surface area contributed by atoms with Crippen molar-refractivity contribution in [1.29, 1.82) is 0 Å². The Morgan fingerprint density at radius 2 is 1.33 bits per heavy atom. The van der Waals surface area contributed by atoms with Crippen molar-refractivity contribution in [3.63, 3.8) is 0 Å². The van der Waals surface area contributed by atoms with Gasteiger partial charge in [-0.3, -0.25) is 0 Å². The third kappa shape index (κ3) is 3.47. The molecule has 0 bridgehead atoms. The van der Waals surface area contributed by atoms with Gasteiger partial charge < -0.3 is 4.42 Å². The van der Waals surface area contributed by atoms with Gasteiger partial charge in [0.25, 0.3) is 0 Å². The molecule has 0 aliphatic carbocycles. The monoisotopic (exact) mass is 389 g/mol. The van der Waals surface area contributed by atoms with Crippen LogP contribution < -0.4 is 0 Å². The van der Waals surface area contributed by atoms with Crippen molar-refractivity contribution in [3.8, 4) is 28.1 Å². The fourth-order valence-corrected chi connectivity index (χ4v) is 3.44. The minimum Gasteiger partial charge on any atom is -0.463 e. The highest BCUT2D eigenvalue weighted by Gasteiger charge is 2.21. The highest BCUT2D eigenvalue weighted by atomic mass is 16.3. The molecule has 0 unspecified atom stereocenters. The zero-order valence-electron chi connectivity index (χ0n) is 16.2. The van der Waals surface area contributed by atoms with E-state index in [0.717, 1.165) is 33.9 Å². The maximum absolute atomic E-state index is 5.46. The minimum absolute atomic E-state index is 0.691. The van der Waals surface area contributed by atoms with Crippen LogP contribution in [-0.4, -0.2) is 16.0 Å². The average molecular weight is 389 g/mol. The number of rotatable bonds is 5. The quantitative estimate of drug-likeness (QED) is 0.320. The van der Waals surface area contributed by atoms with Crippen LogP contribution in [-0.2, 0) is 0 Å². The fourth-order valence-electron chi connectivity index (χ4n) is 3.44. The number of para-hydroxylation sites is 1. The van der Waals surface area contributed by atoms with Gasteiger partial charge in [-0.25, -0.2) is 9.67 Å². The summed E-state index contributed by atoms with van der Waals surface area (Å²) in [6.07, 6.45) is 3.38. The molecule has 144 valence electrons. The van der Waals surface area contributed by atoms with E-state index in [2.05, 4.69) is 24.3 Å². The summed E-state index contributed by atoms with van der Waals surface area (Å²) in [6.45, 7) is 0. The van der Waals surface area contributed by atoms with Crippen molar-refractivity contribution in [2.24, 2.45) is 4.99 Å². The van der Waals surface area contributed by atoms with Gasteiger partial charge in [0, 0.05) is 5.56 Å². The lowest BCUT2D eigenvalue weighted by atomic mass is 10.0. The molecule has 5 aromatic rings. The highest BCUT2D eigenvalue weighted by Crippen LogP contribution is 2.40. The highest BCUT2D eigenvalue weighted by molar-refractivity contribution is 5.91. The van der Waals surface area contributed by atoms with Crippen LogP contribution in [0, 0.1) is 0 Å². The molecule has 0 saturated heterocycles. The molecule has 5 rings (SSSR count). The van der Waals surface area contributed by atoms with Gasteiger partial charge in [-0.15, -0.1) is 0 Å². The van der Waals surface area contributed by atoms with Crippen LogP contribution in [0.4, 0.5) is 5.82 Å². The van der Waals surface area contributed by atoms with Crippen LogP contribution in [0.2, 0.25) is 0 Å². The number of benzene rings is 3. The summed E-state index contributed by atoms with van der Waals surface area (Å²) in [5.74, 6) is 1.44. The average Bonchev–Trinajstić information content (AvgIpc) is 3.47. The van der Waals surface area contributed by atoms with Crippen LogP contribution in [0.25, 0.3) is 28.1 Å². The maximum atomic E-state index is 5.46. The van der Waals surface area contributed by atoms with Crippen LogP contribution in [0.3, 0.4) is 0 Å². The molecule has 0 amide bonds. The number of hydrogen-bond donors (Lipinski definition) is 0. The predicted octanol–water partition coefficient (Wildman–Crippen LogP) is 6.55. The molecule has 30 heavy (non-hydrogen) atoms. The molecule has 0 aliphatic rings. The maximum Gasteiger partial charge on any atom is 0.164 e. The zero-order chi connectivity index (χ0) is 20.2. The van der Waals surface area contributed by atoms with Gasteiger partial charge in [0.1, 0.15) is 11.5 Å². The normalized spacial score (nSPS) is 11.2. The van der Waals surface area contributed by atoms with E-state index in [1.54, 1.807) is 12.5 Å². The lowest BCUT2D eigenvalue weighted by Gasteiger charge is -2.06. The van der Waals surface area contributed by atoms with Crippen molar-refractivity contribution in [1.82, 2.24) is 9.78 Å². The Bertz CT molecular complexity index is 1260. The van der Waals surface area contributed by atoms with Crippen LogP contribution in [0.5, 0.6) is 0 Å². The number of furan rings is 1. The third-order valence-corrected chi connectivity index (χ3v) is 4.83. The third-order valence-electron chi connectivity index (χ3n) is 4.83. The fraction of sp³-hybridized carbons (Fsp3) is 0. The molecule has 2 aromatic heterocycles. The Morgan fingerprint density at radius 3 is 1.97 bits per heavy atom. The van der Waals surface area contributed by atoms with Crippen LogP contribution in [0.15, 0.2) is 119 Å². The predicted molar refractivity (Wildman–Crippen MR) is 120 cm³/mol. The molecule has 0 radical (unpaired) electrons. The Morgan fingerprint density at radius 1 is 0.700 bits per heavy atom. The molecule has 0 spiro atoms.